The Morgan fingerprint density at radius 3 is 2.73 bits per heavy atom. The lowest BCUT2D eigenvalue weighted by Crippen LogP contribution is -2.32. The second-order valence-electron chi connectivity index (χ2n) is 3.00. The Hall–Kier alpha value is -1.07. The van der Waals surface area contributed by atoms with Crippen molar-refractivity contribution in [1.82, 2.24) is 0 Å². The van der Waals surface area contributed by atoms with E-state index in [1.165, 1.54) is 11.8 Å². The van der Waals surface area contributed by atoms with Crippen molar-refractivity contribution in [2.24, 2.45) is 10.7 Å². The average Bonchev–Trinajstić information content (AvgIpc) is 2.15. The fourth-order valence-corrected chi connectivity index (χ4v) is 1.65. The Bertz CT molecular complexity index is 287. The number of carbonyl (C=O) groups is 1. The van der Waals surface area contributed by atoms with Crippen LogP contribution in [-0.4, -0.2) is 34.3 Å². The third-order valence-corrected chi connectivity index (χ3v) is 2.53. The van der Waals surface area contributed by atoms with Crippen molar-refractivity contribution in [1.29, 1.82) is 0 Å². The number of hydrogen-bond acceptors (Lipinski definition) is 4. The minimum Gasteiger partial charge on any atom is -0.480 e. The number of carboxylic acid groups (broad SMARTS) is 1. The van der Waals surface area contributed by atoms with Gasteiger partial charge in [0.15, 0.2) is 0 Å². The molecule has 0 bridgehead atoms. The van der Waals surface area contributed by atoms with Crippen LogP contribution in [0, 0.1) is 0 Å². The lowest BCUT2D eigenvalue weighted by molar-refractivity contribution is -0.137. The smallest absolute Gasteiger partial charge is 0.321 e. The van der Waals surface area contributed by atoms with Gasteiger partial charge < -0.3 is 10.8 Å². The van der Waals surface area contributed by atoms with Crippen LogP contribution in [-0.2, 0) is 4.79 Å². The van der Waals surface area contributed by atoms with Gasteiger partial charge in [0.2, 0.25) is 0 Å². The predicted octanol–water partition coefficient (Wildman–Crippen LogP) is 1.29. The fourth-order valence-electron chi connectivity index (χ4n) is 0.744. The van der Waals surface area contributed by atoms with Gasteiger partial charge >= 0.3 is 5.97 Å². The van der Waals surface area contributed by atoms with Crippen molar-refractivity contribution < 1.29 is 9.90 Å². The van der Waals surface area contributed by atoms with E-state index in [1.807, 2.05) is 0 Å². The maximum absolute atomic E-state index is 10.4. The van der Waals surface area contributed by atoms with Crippen LogP contribution in [0.1, 0.15) is 6.92 Å². The molecule has 0 aromatic rings. The van der Waals surface area contributed by atoms with Gasteiger partial charge in [0.25, 0.3) is 0 Å². The third-order valence-electron chi connectivity index (χ3n) is 1.43. The van der Waals surface area contributed by atoms with Gasteiger partial charge in [-0.05, 0) is 13.0 Å². The number of carboxylic acids is 1. The molecule has 0 aromatic carbocycles. The summed E-state index contributed by atoms with van der Waals surface area (Å²) in [5, 5.41) is 8.55. The Morgan fingerprint density at radius 2 is 2.33 bits per heavy atom. The van der Waals surface area contributed by atoms with Gasteiger partial charge in [0, 0.05) is 22.9 Å². The normalized spacial score (nSPS) is 13.3. The Balaban J connectivity index is 3.98. The Kier molecular flexibility index (Phi) is 6.73. The zero-order chi connectivity index (χ0) is 11.8. The fraction of sp³-hybridized carbons (Fsp3) is 0.400. The van der Waals surface area contributed by atoms with E-state index < -0.39 is 12.0 Å². The molecule has 0 spiro atoms. The number of nitrogens with two attached hydrogens (primary N) is 1. The zero-order valence-corrected chi connectivity index (χ0v) is 9.59. The maximum Gasteiger partial charge on any atom is 0.321 e. The van der Waals surface area contributed by atoms with Gasteiger partial charge in [-0.2, -0.15) is 11.8 Å². The lowest BCUT2D eigenvalue weighted by atomic mass is 10.4. The van der Waals surface area contributed by atoms with E-state index >= 15 is 0 Å². The molecule has 0 fully saturated rings. The topological polar surface area (TPSA) is 75.7 Å². The average molecular weight is 228 g/mol. The van der Waals surface area contributed by atoms with Crippen LogP contribution in [0.3, 0.4) is 0 Å². The number of thioether (sulfide) groups is 1. The standard InChI is InChI=1S/C10H16N2O2S/c1-4-8(12-7(2)3)5-15-6-9(11)10(13)14/h4,9H,1-2,5-6,11H2,3H3,(H,13,14). The van der Waals surface area contributed by atoms with Crippen LogP contribution in [0.4, 0.5) is 0 Å². The summed E-state index contributed by atoms with van der Waals surface area (Å²) in [6.07, 6.45) is 1.63. The van der Waals surface area contributed by atoms with Crippen molar-refractivity contribution in [2.45, 2.75) is 13.0 Å². The van der Waals surface area contributed by atoms with Crippen molar-refractivity contribution in [3.8, 4) is 0 Å². The molecule has 0 radical (unpaired) electrons. The van der Waals surface area contributed by atoms with Gasteiger partial charge in [0.1, 0.15) is 6.04 Å². The van der Waals surface area contributed by atoms with Gasteiger partial charge in [-0.1, -0.05) is 13.2 Å². The number of aliphatic carboxylic acids is 1. The van der Waals surface area contributed by atoms with E-state index in [1.54, 1.807) is 13.0 Å². The molecule has 0 aliphatic heterocycles. The zero-order valence-electron chi connectivity index (χ0n) is 8.77. The van der Waals surface area contributed by atoms with Crippen LogP contribution in [0.2, 0.25) is 0 Å². The molecular formula is C10H16N2O2S. The summed E-state index contributed by atoms with van der Waals surface area (Å²) in [6.45, 7) is 9.05. The SMILES string of the molecule is C=CC(CSCC(N)C(=O)O)=NC(=C)C. The van der Waals surface area contributed by atoms with Crippen molar-refractivity contribution in [2.75, 3.05) is 11.5 Å². The van der Waals surface area contributed by atoms with Gasteiger partial charge in [-0.3, -0.25) is 9.79 Å². The largest absolute Gasteiger partial charge is 0.480 e. The molecule has 1 atom stereocenters. The first-order valence-corrected chi connectivity index (χ1v) is 5.54. The first kappa shape index (κ1) is 13.9. The highest BCUT2D eigenvalue weighted by Crippen LogP contribution is 2.05. The van der Waals surface area contributed by atoms with Crippen LogP contribution in [0.25, 0.3) is 0 Å². The molecule has 0 saturated heterocycles. The molecule has 0 saturated carbocycles. The van der Waals surface area contributed by atoms with Crippen molar-refractivity contribution >= 4 is 23.4 Å². The van der Waals surface area contributed by atoms with E-state index in [2.05, 4.69) is 18.2 Å². The second kappa shape index (κ2) is 7.25. The summed E-state index contributed by atoms with van der Waals surface area (Å²) in [4.78, 5) is 14.6. The molecule has 0 rings (SSSR count). The van der Waals surface area contributed by atoms with E-state index in [-0.39, 0.29) is 0 Å². The number of rotatable bonds is 7. The molecule has 0 amide bonds. The first-order valence-electron chi connectivity index (χ1n) is 4.39. The third kappa shape index (κ3) is 6.93. The van der Waals surface area contributed by atoms with Crippen LogP contribution >= 0.6 is 11.8 Å². The summed E-state index contributed by atoms with van der Waals surface area (Å²) in [7, 11) is 0. The molecule has 0 heterocycles. The number of allylic oxidation sites excluding steroid dienone is 2. The minimum absolute atomic E-state index is 0.360. The number of hydrogen-bond donors (Lipinski definition) is 2. The van der Waals surface area contributed by atoms with Gasteiger partial charge in [-0.15, -0.1) is 0 Å². The highest BCUT2D eigenvalue weighted by molar-refractivity contribution is 8.00. The molecule has 3 N–H and O–H groups in total. The van der Waals surface area contributed by atoms with E-state index in [0.29, 0.717) is 17.2 Å². The number of aliphatic imine (C=N–C) groups is 1. The minimum atomic E-state index is -0.987. The van der Waals surface area contributed by atoms with Crippen molar-refractivity contribution in [3.05, 3.63) is 24.9 Å². The summed E-state index contributed by atoms with van der Waals surface area (Å²) in [5.41, 5.74) is 6.83. The molecule has 4 nitrogen and oxygen atoms in total. The molecule has 84 valence electrons. The van der Waals surface area contributed by atoms with Gasteiger partial charge in [-0.25, -0.2) is 0 Å². The second-order valence-corrected chi connectivity index (χ2v) is 4.03. The molecule has 15 heavy (non-hydrogen) atoms. The lowest BCUT2D eigenvalue weighted by Gasteiger charge is -2.05. The molecule has 5 heteroatoms. The van der Waals surface area contributed by atoms with Crippen molar-refractivity contribution in [3.63, 3.8) is 0 Å². The number of nitrogens with zero attached hydrogens (tertiary/aromatic N) is 1. The molecule has 0 aliphatic carbocycles. The first-order chi connectivity index (χ1) is 6.97. The van der Waals surface area contributed by atoms with Crippen LogP contribution < -0.4 is 5.73 Å². The molecule has 1 unspecified atom stereocenters. The van der Waals surface area contributed by atoms with E-state index in [9.17, 15) is 4.79 Å². The summed E-state index contributed by atoms with van der Waals surface area (Å²) >= 11 is 1.42. The predicted molar refractivity (Wildman–Crippen MR) is 65.4 cm³/mol. The summed E-state index contributed by atoms with van der Waals surface area (Å²) < 4.78 is 0. The van der Waals surface area contributed by atoms with E-state index in [0.717, 1.165) is 5.71 Å². The highest BCUT2D eigenvalue weighted by Gasteiger charge is 2.10. The molecule has 0 aromatic heterocycles. The van der Waals surface area contributed by atoms with Gasteiger partial charge in [0.05, 0.1) is 0 Å². The maximum atomic E-state index is 10.4. The summed E-state index contributed by atoms with van der Waals surface area (Å²) in [5.74, 6) is -0.0325. The monoisotopic (exact) mass is 228 g/mol. The van der Waals surface area contributed by atoms with E-state index in [4.69, 9.17) is 10.8 Å². The molecular weight excluding hydrogens is 212 g/mol. The van der Waals surface area contributed by atoms with Crippen LogP contribution in [0.15, 0.2) is 29.9 Å². The Morgan fingerprint density at radius 1 is 1.73 bits per heavy atom. The quantitative estimate of drug-likeness (QED) is 0.644. The highest BCUT2D eigenvalue weighted by atomic mass is 32.2. The van der Waals surface area contributed by atoms with Crippen LogP contribution in [0.5, 0.6) is 0 Å². The molecule has 0 aliphatic rings. The Labute approximate surface area is 94.0 Å². The summed E-state index contributed by atoms with van der Waals surface area (Å²) in [6, 6.07) is -0.828.